The molecular formula is C29H32ClN3O4. The molecule has 2 N–H and O–H groups in total. The maximum atomic E-state index is 13.3. The quantitative estimate of drug-likeness (QED) is 0.372. The molecule has 7 nitrogen and oxygen atoms in total. The summed E-state index contributed by atoms with van der Waals surface area (Å²) in [5.74, 6) is 1.22. The van der Waals surface area contributed by atoms with Gasteiger partial charge in [0.15, 0.2) is 11.5 Å². The molecule has 1 heterocycles. The minimum atomic E-state index is -0.567. The Hall–Kier alpha value is -3.55. The molecule has 1 aliphatic heterocycles. The molecule has 0 atom stereocenters. The van der Waals surface area contributed by atoms with Crippen molar-refractivity contribution in [3.05, 3.63) is 76.8 Å². The van der Waals surface area contributed by atoms with Crippen molar-refractivity contribution in [1.82, 2.24) is 10.2 Å². The number of hydrogen-bond donors (Lipinski definition) is 2. The summed E-state index contributed by atoms with van der Waals surface area (Å²) in [4.78, 5) is 27.9. The van der Waals surface area contributed by atoms with E-state index in [1.54, 1.807) is 24.3 Å². The number of hydrogen-bond acceptors (Lipinski definition) is 5. The van der Waals surface area contributed by atoms with Crippen molar-refractivity contribution in [2.75, 3.05) is 39.3 Å². The van der Waals surface area contributed by atoms with Gasteiger partial charge in [-0.25, -0.2) is 0 Å². The number of ether oxygens (including phenoxy) is 2. The second-order valence-corrected chi connectivity index (χ2v) is 10.2. The summed E-state index contributed by atoms with van der Waals surface area (Å²) in [7, 11) is 4.02. The van der Waals surface area contributed by atoms with Crippen LogP contribution in [0, 0.1) is 0 Å². The van der Waals surface area contributed by atoms with Crippen molar-refractivity contribution in [2.45, 2.75) is 24.7 Å². The van der Waals surface area contributed by atoms with Gasteiger partial charge in [-0.15, -0.1) is 0 Å². The third-order valence-electron chi connectivity index (χ3n) is 6.86. The Labute approximate surface area is 223 Å². The van der Waals surface area contributed by atoms with Crippen LogP contribution in [0.1, 0.15) is 36.6 Å². The number of nitrogens with zero attached hydrogens (tertiary/aromatic N) is 1. The molecule has 37 heavy (non-hydrogen) atoms. The van der Waals surface area contributed by atoms with Crippen molar-refractivity contribution in [1.29, 1.82) is 0 Å². The van der Waals surface area contributed by atoms with Crippen LogP contribution in [-0.2, 0) is 10.2 Å². The molecule has 2 aliphatic rings. The maximum Gasteiger partial charge on any atom is 0.251 e. The first kappa shape index (κ1) is 25.1. The van der Waals surface area contributed by atoms with Gasteiger partial charge in [0.1, 0.15) is 0 Å². The van der Waals surface area contributed by atoms with Gasteiger partial charge in [0.25, 0.3) is 5.91 Å². The number of nitrogens with one attached hydrogen (secondary N) is 2. The number of amides is 2. The predicted molar refractivity (Wildman–Crippen MR) is 147 cm³/mol. The van der Waals surface area contributed by atoms with Crippen molar-refractivity contribution in [2.24, 2.45) is 0 Å². The molecule has 5 rings (SSSR count). The molecule has 2 amide bonds. The lowest BCUT2D eigenvalue weighted by Crippen LogP contribution is -2.27. The lowest BCUT2D eigenvalue weighted by molar-refractivity contribution is -0.118. The fraction of sp³-hybridized carbons (Fsp3) is 0.310. The fourth-order valence-electron chi connectivity index (χ4n) is 4.54. The first-order valence-electron chi connectivity index (χ1n) is 12.4. The van der Waals surface area contributed by atoms with Gasteiger partial charge in [0.2, 0.25) is 12.7 Å². The van der Waals surface area contributed by atoms with Crippen LogP contribution in [0.5, 0.6) is 11.5 Å². The third kappa shape index (κ3) is 5.43. The molecule has 194 valence electrons. The minimum Gasteiger partial charge on any atom is -0.454 e. The van der Waals surface area contributed by atoms with Gasteiger partial charge < -0.3 is 25.0 Å². The Morgan fingerprint density at radius 2 is 1.76 bits per heavy atom. The van der Waals surface area contributed by atoms with Gasteiger partial charge in [-0.05, 0) is 93.5 Å². The Morgan fingerprint density at radius 3 is 2.49 bits per heavy atom. The van der Waals surface area contributed by atoms with Crippen LogP contribution in [0.3, 0.4) is 0 Å². The monoisotopic (exact) mass is 521 g/mol. The van der Waals surface area contributed by atoms with E-state index in [1.165, 1.54) is 0 Å². The first-order valence-corrected chi connectivity index (χ1v) is 12.8. The molecule has 0 aromatic heterocycles. The molecule has 0 radical (unpaired) electrons. The first-order chi connectivity index (χ1) is 17.9. The van der Waals surface area contributed by atoms with Crippen LogP contribution in [0.4, 0.5) is 5.69 Å². The highest BCUT2D eigenvalue weighted by molar-refractivity contribution is 6.33. The molecule has 1 aliphatic carbocycles. The molecule has 0 bridgehead atoms. The smallest absolute Gasteiger partial charge is 0.251 e. The zero-order valence-corrected chi connectivity index (χ0v) is 21.7. The average molecular weight is 522 g/mol. The van der Waals surface area contributed by atoms with E-state index in [9.17, 15) is 9.59 Å². The van der Waals surface area contributed by atoms with E-state index in [4.69, 9.17) is 21.1 Å². The topological polar surface area (TPSA) is 79.9 Å². The Kier molecular flexibility index (Phi) is 7.09. The van der Waals surface area contributed by atoms with Gasteiger partial charge in [0.05, 0.1) is 5.41 Å². The van der Waals surface area contributed by atoms with E-state index in [2.05, 4.69) is 15.5 Å². The van der Waals surface area contributed by atoms with Gasteiger partial charge in [0, 0.05) is 29.8 Å². The highest BCUT2D eigenvalue weighted by atomic mass is 35.5. The van der Waals surface area contributed by atoms with Crippen molar-refractivity contribution >= 4 is 29.1 Å². The van der Waals surface area contributed by atoms with Gasteiger partial charge in [-0.2, -0.15) is 0 Å². The minimum absolute atomic E-state index is 0. The molecule has 0 unspecified atom stereocenters. The second kappa shape index (κ2) is 10.4. The number of halogens is 1. The van der Waals surface area contributed by atoms with E-state index in [0.717, 1.165) is 42.5 Å². The number of rotatable bonds is 9. The average Bonchev–Trinajstić information content (AvgIpc) is 3.58. The van der Waals surface area contributed by atoms with Crippen molar-refractivity contribution < 1.29 is 20.5 Å². The zero-order valence-electron chi connectivity index (χ0n) is 21.0. The van der Waals surface area contributed by atoms with E-state index in [-0.39, 0.29) is 20.0 Å². The van der Waals surface area contributed by atoms with Gasteiger partial charge in [-0.3, -0.25) is 9.59 Å². The van der Waals surface area contributed by atoms with E-state index in [0.29, 0.717) is 34.3 Å². The van der Waals surface area contributed by atoms with Crippen LogP contribution in [0.15, 0.2) is 60.7 Å². The van der Waals surface area contributed by atoms with Gasteiger partial charge >= 0.3 is 0 Å². The summed E-state index contributed by atoms with van der Waals surface area (Å²) in [6.07, 6.45) is 2.44. The largest absolute Gasteiger partial charge is 0.454 e. The Balaban J connectivity index is 0.00000336. The standard InChI is InChI=1S/C29H30ClN3O4.H2/c1-33(2)15-3-14-31-27(34)20-6-4-19(5-7-20)23-17-22(9-10-24(23)30)32-28(35)29(12-13-29)21-8-11-25-26(16-21)37-18-36-25;/h4-11,16-17H,3,12-15,18H2,1-2H3,(H,31,34)(H,32,35);1H. The SMILES string of the molecule is CN(C)CCCNC(=O)c1ccc(-c2cc(NC(=O)C3(c4ccc5c(c4)OCO5)CC3)ccc2Cl)cc1.[HH]. The molecule has 3 aromatic rings. The number of carbonyl (C=O) groups is 2. The van der Waals surface area contributed by atoms with E-state index < -0.39 is 5.41 Å². The van der Waals surface area contributed by atoms with Crippen LogP contribution in [0.2, 0.25) is 5.02 Å². The van der Waals surface area contributed by atoms with Crippen LogP contribution in [0.25, 0.3) is 11.1 Å². The molecular weight excluding hydrogens is 490 g/mol. The fourth-order valence-corrected chi connectivity index (χ4v) is 4.77. The predicted octanol–water partition coefficient (Wildman–Crippen LogP) is 5.33. The van der Waals surface area contributed by atoms with Crippen LogP contribution >= 0.6 is 11.6 Å². The lowest BCUT2D eigenvalue weighted by atomic mass is 9.94. The zero-order chi connectivity index (χ0) is 26.0. The molecule has 1 saturated carbocycles. The Morgan fingerprint density at radius 1 is 1.00 bits per heavy atom. The van der Waals surface area contributed by atoms with E-state index in [1.807, 2.05) is 50.5 Å². The van der Waals surface area contributed by atoms with Crippen molar-refractivity contribution in [3.8, 4) is 22.6 Å². The van der Waals surface area contributed by atoms with E-state index >= 15 is 0 Å². The highest BCUT2D eigenvalue weighted by Crippen LogP contribution is 2.51. The highest BCUT2D eigenvalue weighted by Gasteiger charge is 2.51. The maximum absolute atomic E-state index is 13.3. The summed E-state index contributed by atoms with van der Waals surface area (Å²) in [6.45, 7) is 1.75. The molecule has 1 fully saturated rings. The normalized spacial score (nSPS) is 14.9. The van der Waals surface area contributed by atoms with Crippen LogP contribution in [-0.4, -0.2) is 50.7 Å². The second-order valence-electron chi connectivity index (χ2n) is 9.79. The molecule has 3 aromatic carbocycles. The van der Waals surface area contributed by atoms with Gasteiger partial charge in [-0.1, -0.05) is 29.8 Å². The summed E-state index contributed by atoms with van der Waals surface area (Å²) < 4.78 is 10.9. The van der Waals surface area contributed by atoms with Crippen LogP contribution < -0.4 is 20.1 Å². The van der Waals surface area contributed by atoms with Crippen molar-refractivity contribution in [3.63, 3.8) is 0 Å². The molecule has 0 saturated heterocycles. The number of fused-ring (bicyclic) bond motifs is 1. The summed E-state index contributed by atoms with van der Waals surface area (Å²) in [5.41, 5.74) is 3.27. The number of carbonyl (C=O) groups excluding carboxylic acids is 2. The lowest BCUT2D eigenvalue weighted by Gasteiger charge is -2.17. The number of anilines is 1. The summed E-state index contributed by atoms with van der Waals surface area (Å²) in [5, 5.41) is 6.59. The summed E-state index contributed by atoms with van der Waals surface area (Å²) >= 11 is 6.51. The summed E-state index contributed by atoms with van der Waals surface area (Å²) in [6, 6.07) is 18.5. The molecule has 0 spiro atoms. The third-order valence-corrected chi connectivity index (χ3v) is 7.19. The Bertz CT molecular complexity index is 1330. The molecule has 8 heteroatoms. The number of benzene rings is 3.